The van der Waals surface area contributed by atoms with Crippen LogP contribution in [0.3, 0.4) is 0 Å². The highest BCUT2D eigenvalue weighted by Gasteiger charge is 2.18. The fourth-order valence-electron chi connectivity index (χ4n) is 2.46. The predicted molar refractivity (Wildman–Crippen MR) is 84.1 cm³/mol. The van der Waals surface area contributed by atoms with E-state index in [0.717, 1.165) is 25.6 Å². The maximum atomic E-state index is 13.5. The molecule has 5 nitrogen and oxygen atoms in total. The van der Waals surface area contributed by atoms with E-state index in [9.17, 15) is 14.5 Å². The number of likely N-dealkylation sites (tertiary alicyclic amines) is 1. The molecule has 21 heavy (non-hydrogen) atoms. The Labute approximate surface area is 131 Å². The summed E-state index contributed by atoms with van der Waals surface area (Å²) in [6.45, 7) is 5.74. The van der Waals surface area contributed by atoms with Crippen LogP contribution in [0.2, 0.25) is 0 Å². The topological polar surface area (TPSA) is 58.4 Å². The number of nitrogens with one attached hydrogen (secondary N) is 1. The summed E-state index contributed by atoms with van der Waals surface area (Å²) >= 11 is 2.97. The summed E-state index contributed by atoms with van der Waals surface area (Å²) in [5, 5.41) is 14.0. The fourth-order valence-corrected chi connectivity index (χ4v) is 2.79. The van der Waals surface area contributed by atoms with Crippen LogP contribution in [-0.4, -0.2) is 36.0 Å². The number of nitro benzene ring substituents is 1. The largest absolute Gasteiger partial charge is 0.378 e. The van der Waals surface area contributed by atoms with Crippen LogP contribution in [0.1, 0.15) is 19.8 Å². The van der Waals surface area contributed by atoms with Crippen LogP contribution in [-0.2, 0) is 0 Å². The molecule has 0 aromatic heterocycles. The predicted octanol–water partition coefficient (Wildman–Crippen LogP) is 3.64. The first kappa shape index (κ1) is 16.2. The van der Waals surface area contributed by atoms with Crippen molar-refractivity contribution in [2.45, 2.75) is 19.8 Å². The third-order valence-corrected chi connectivity index (χ3v) is 4.46. The summed E-state index contributed by atoms with van der Waals surface area (Å²) in [7, 11) is 0. The molecule has 1 heterocycles. The minimum Gasteiger partial charge on any atom is -0.378 e. The molecule has 0 unspecified atom stereocenters. The number of piperidine rings is 1. The molecule has 0 amide bonds. The number of nitrogens with zero attached hydrogens (tertiary/aromatic N) is 2. The highest BCUT2D eigenvalue weighted by atomic mass is 79.9. The highest BCUT2D eigenvalue weighted by Crippen LogP contribution is 2.30. The second kappa shape index (κ2) is 7.17. The van der Waals surface area contributed by atoms with Crippen LogP contribution in [0.5, 0.6) is 0 Å². The molecule has 1 aromatic rings. The van der Waals surface area contributed by atoms with Crippen molar-refractivity contribution in [1.29, 1.82) is 0 Å². The third-order valence-electron chi connectivity index (χ3n) is 3.86. The first-order valence-electron chi connectivity index (χ1n) is 7.07. The van der Waals surface area contributed by atoms with Gasteiger partial charge in [-0.2, -0.15) is 0 Å². The van der Waals surface area contributed by atoms with Gasteiger partial charge < -0.3 is 10.2 Å². The Morgan fingerprint density at radius 3 is 2.76 bits per heavy atom. The lowest BCUT2D eigenvalue weighted by molar-refractivity contribution is -0.384. The highest BCUT2D eigenvalue weighted by molar-refractivity contribution is 9.10. The Kier molecular flexibility index (Phi) is 5.52. The number of hydrogen-bond acceptors (Lipinski definition) is 4. The van der Waals surface area contributed by atoms with Crippen LogP contribution in [0.25, 0.3) is 0 Å². The van der Waals surface area contributed by atoms with E-state index in [0.29, 0.717) is 6.54 Å². The molecule has 1 aliphatic rings. The number of hydrogen-bond donors (Lipinski definition) is 1. The second-order valence-electron chi connectivity index (χ2n) is 5.49. The third kappa shape index (κ3) is 4.38. The average molecular weight is 360 g/mol. The van der Waals surface area contributed by atoms with Crippen molar-refractivity contribution in [2.75, 3.05) is 31.5 Å². The van der Waals surface area contributed by atoms with Crippen LogP contribution >= 0.6 is 15.9 Å². The van der Waals surface area contributed by atoms with E-state index in [1.807, 2.05) is 0 Å². The van der Waals surface area contributed by atoms with Crippen molar-refractivity contribution in [3.05, 3.63) is 32.5 Å². The summed E-state index contributed by atoms with van der Waals surface area (Å²) in [5.74, 6) is 0.269. The van der Waals surface area contributed by atoms with Gasteiger partial charge in [0.15, 0.2) is 0 Å². The first-order valence-corrected chi connectivity index (χ1v) is 7.86. The number of rotatable bonds is 5. The number of halogens is 2. The van der Waals surface area contributed by atoms with Crippen molar-refractivity contribution in [3.8, 4) is 0 Å². The molecule has 0 aliphatic carbocycles. The summed E-state index contributed by atoms with van der Waals surface area (Å²) < 4.78 is 13.6. The van der Waals surface area contributed by atoms with Crippen molar-refractivity contribution in [1.82, 2.24) is 4.90 Å². The average Bonchev–Trinajstić information content (AvgIpc) is 2.44. The minimum absolute atomic E-state index is 0.102. The van der Waals surface area contributed by atoms with E-state index in [1.54, 1.807) is 0 Å². The van der Waals surface area contributed by atoms with Gasteiger partial charge in [0, 0.05) is 25.2 Å². The maximum Gasteiger partial charge on any atom is 0.293 e. The molecule has 0 saturated carbocycles. The van der Waals surface area contributed by atoms with E-state index in [-0.39, 0.29) is 15.8 Å². The van der Waals surface area contributed by atoms with Crippen LogP contribution in [0, 0.1) is 21.8 Å². The Hall–Kier alpha value is -1.21. The molecule has 0 spiro atoms. The molecule has 1 aliphatic heterocycles. The summed E-state index contributed by atoms with van der Waals surface area (Å²) in [6.07, 6.45) is 2.38. The maximum absolute atomic E-state index is 13.5. The van der Waals surface area contributed by atoms with Gasteiger partial charge in [-0.3, -0.25) is 10.1 Å². The quantitative estimate of drug-likeness (QED) is 0.643. The van der Waals surface area contributed by atoms with Gasteiger partial charge in [0.2, 0.25) is 0 Å². The molecular weight excluding hydrogens is 341 g/mol. The van der Waals surface area contributed by atoms with Crippen LogP contribution in [0.4, 0.5) is 15.8 Å². The smallest absolute Gasteiger partial charge is 0.293 e. The molecular formula is C14H19BrFN3O2. The van der Waals surface area contributed by atoms with Gasteiger partial charge in [-0.05, 0) is 47.8 Å². The van der Waals surface area contributed by atoms with Gasteiger partial charge in [-0.1, -0.05) is 6.92 Å². The molecule has 2 rings (SSSR count). The van der Waals surface area contributed by atoms with Crippen molar-refractivity contribution >= 4 is 27.3 Å². The molecule has 0 atom stereocenters. The lowest BCUT2D eigenvalue weighted by atomic mass is 9.99. The molecule has 0 bridgehead atoms. The normalized spacial score (nSPS) is 16.9. The van der Waals surface area contributed by atoms with E-state index < -0.39 is 10.7 Å². The standard InChI is InChI=1S/C14H19BrFN3O2/c1-10-2-5-18(6-3-10)7-4-17-13-9-12(16)11(15)8-14(13)19(20)21/h8-10,17H,2-7H2,1H3. The van der Waals surface area contributed by atoms with E-state index in [4.69, 9.17) is 0 Å². The Morgan fingerprint density at radius 1 is 1.48 bits per heavy atom. The Morgan fingerprint density at radius 2 is 2.14 bits per heavy atom. The minimum atomic E-state index is -0.505. The lowest BCUT2D eigenvalue weighted by Crippen LogP contribution is -2.36. The summed E-state index contributed by atoms with van der Waals surface area (Å²) in [5.41, 5.74) is 0.113. The molecule has 1 fully saturated rings. The molecule has 1 N–H and O–H groups in total. The summed E-state index contributed by atoms with van der Waals surface area (Å²) in [6, 6.07) is 2.36. The SMILES string of the molecule is CC1CCN(CCNc2cc(F)c(Br)cc2[N+](=O)[O-])CC1. The number of nitro groups is 1. The van der Waals surface area contributed by atoms with Gasteiger partial charge in [0.05, 0.1) is 9.40 Å². The van der Waals surface area contributed by atoms with E-state index in [1.165, 1.54) is 25.0 Å². The monoisotopic (exact) mass is 359 g/mol. The van der Waals surface area contributed by atoms with Crippen molar-refractivity contribution in [3.63, 3.8) is 0 Å². The van der Waals surface area contributed by atoms with Gasteiger partial charge in [0.25, 0.3) is 5.69 Å². The molecule has 116 valence electrons. The second-order valence-corrected chi connectivity index (χ2v) is 6.35. The van der Waals surface area contributed by atoms with Crippen LogP contribution < -0.4 is 5.32 Å². The van der Waals surface area contributed by atoms with Gasteiger partial charge in [0.1, 0.15) is 11.5 Å². The molecule has 7 heteroatoms. The Bertz CT molecular complexity index is 519. The van der Waals surface area contributed by atoms with Crippen molar-refractivity contribution in [2.24, 2.45) is 5.92 Å². The first-order chi connectivity index (χ1) is 9.97. The lowest BCUT2D eigenvalue weighted by Gasteiger charge is -2.30. The summed E-state index contributed by atoms with van der Waals surface area (Å²) in [4.78, 5) is 12.8. The zero-order chi connectivity index (χ0) is 15.4. The Balaban J connectivity index is 1.93. The zero-order valence-corrected chi connectivity index (χ0v) is 13.5. The van der Waals surface area contributed by atoms with Gasteiger partial charge >= 0.3 is 0 Å². The van der Waals surface area contributed by atoms with Crippen molar-refractivity contribution < 1.29 is 9.31 Å². The zero-order valence-electron chi connectivity index (χ0n) is 11.9. The molecule has 0 radical (unpaired) electrons. The van der Waals surface area contributed by atoms with Gasteiger partial charge in [-0.25, -0.2) is 4.39 Å². The van der Waals surface area contributed by atoms with Crippen LogP contribution in [0.15, 0.2) is 16.6 Å². The van der Waals surface area contributed by atoms with Gasteiger partial charge in [-0.15, -0.1) is 0 Å². The van der Waals surface area contributed by atoms with E-state index in [2.05, 4.69) is 33.1 Å². The van der Waals surface area contributed by atoms with E-state index >= 15 is 0 Å². The fraction of sp³-hybridized carbons (Fsp3) is 0.571. The molecule has 1 aromatic carbocycles. The number of benzene rings is 1. The number of anilines is 1. The molecule has 1 saturated heterocycles.